The van der Waals surface area contributed by atoms with Crippen LogP contribution in [0.1, 0.15) is 54.8 Å². The molecule has 1 aliphatic rings. The van der Waals surface area contributed by atoms with Crippen LogP contribution in [0.4, 0.5) is 5.69 Å². The van der Waals surface area contributed by atoms with Gasteiger partial charge in [-0.3, -0.25) is 4.90 Å². The Kier molecular flexibility index (Phi) is 4.71. The van der Waals surface area contributed by atoms with Gasteiger partial charge in [-0.1, -0.05) is 30.6 Å². The smallest absolute Gasteiger partial charge is 0.138 e. The lowest BCUT2D eigenvalue weighted by atomic mass is 10.1. The zero-order valence-corrected chi connectivity index (χ0v) is 14.6. The summed E-state index contributed by atoms with van der Waals surface area (Å²) in [6.07, 6.45) is 2.50. The Bertz CT molecular complexity index is 658. The van der Waals surface area contributed by atoms with Gasteiger partial charge in [-0.05, 0) is 44.4 Å². The first-order valence-electron chi connectivity index (χ1n) is 8.60. The van der Waals surface area contributed by atoms with Gasteiger partial charge in [0, 0.05) is 36.9 Å². The fraction of sp³-hybridized carbons (Fsp3) is 0.526. The minimum absolute atomic E-state index is 0.641. The summed E-state index contributed by atoms with van der Waals surface area (Å²) < 4.78 is 5.25. The van der Waals surface area contributed by atoms with Gasteiger partial charge in [-0.2, -0.15) is 0 Å². The van der Waals surface area contributed by atoms with Crippen LogP contribution in [-0.4, -0.2) is 16.1 Å². The fourth-order valence-corrected chi connectivity index (χ4v) is 3.46. The molecule has 0 spiro atoms. The van der Waals surface area contributed by atoms with Crippen LogP contribution < -0.4 is 5.32 Å². The summed E-state index contributed by atoms with van der Waals surface area (Å²) in [5.74, 6) is 0.903. The maximum Gasteiger partial charge on any atom is 0.138 e. The van der Waals surface area contributed by atoms with Gasteiger partial charge >= 0.3 is 0 Å². The van der Waals surface area contributed by atoms with Crippen molar-refractivity contribution in [2.75, 3.05) is 5.32 Å². The average molecular weight is 313 g/mol. The second-order valence-corrected chi connectivity index (χ2v) is 6.64. The van der Waals surface area contributed by atoms with Crippen molar-refractivity contribution < 1.29 is 4.52 Å². The van der Waals surface area contributed by atoms with Crippen LogP contribution >= 0.6 is 0 Å². The van der Waals surface area contributed by atoms with Crippen LogP contribution in [0, 0.1) is 13.8 Å². The van der Waals surface area contributed by atoms with E-state index in [4.69, 9.17) is 4.52 Å². The van der Waals surface area contributed by atoms with Gasteiger partial charge in [-0.15, -0.1) is 0 Å². The molecule has 1 N–H and O–H groups in total. The van der Waals surface area contributed by atoms with Crippen LogP contribution in [0.2, 0.25) is 0 Å². The maximum absolute atomic E-state index is 5.25. The van der Waals surface area contributed by atoms with Crippen molar-refractivity contribution in [2.45, 2.75) is 66.2 Å². The predicted octanol–water partition coefficient (Wildman–Crippen LogP) is 4.41. The van der Waals surface area contributed by atoms with E-state index in [1.807, 2.05) is 13.8 Å². The minimum Gasteiger partial charge on any atom is -0.380 e. The Morgan fingerprint density at radius 1 is 1.30 bits per heavy atom. The number of rotatable bonds is 6. The summed E-state index contributed by atoms with van der Waals surface area (Å²) in [7, 11) is 0. The Labute approximate surface area is 138 Å². The van der Waals surface area contributed by atoms with E-state index in [0.717, 1.165) is 36.7 Å². The molecule has 1 aliphatic heterocycles. The molecule has 2 aromatic rings. The number of nitrogens with one attached hydrogen (secondary N) is 1. The van der Waals surface area contributed by atoms with Crippen LogP contribution in [0.15, 0.2) is 22.7 Å². The molecule has 0 aliphatic carbocycles. The molecule has 0 bridgehead atoms. The summed E-state index contributed by atoms with van der Waals surface area (Å²) in [5.41, 5.74) is 6.28. The van der Waals surface area contributed by atoms with E-state index in [9.17, 15) is 0 Å². The highest BCUT2D eigenvalue weighted by atomic mass is 16.5. The minimum atomic E-state index is 0.641. The molecule has 3 rings (SSSR count). The normalized spacial score (nSPS) is 15.7. The molecule has 1 aromatic carbocycles. The molecule has 0 amide bonds. The second-order valence-electron chi connectivity index (χ2n) is 6.64. The second kappa shape index (κ2) is 6.75. The molecule has 0 saturated heterocycles. The van der Waals surface area contributed by atoms with Gasteiger partial charge in [0.2, 0.25) is 0 Å². The first-order valence-corrected chi connectivity index (χ1v) is 8.60. The highest BCUT2D eigenvalue weighted by Gasteiger charge is 2.24. The van der Waals surface area contributed by atoms with E-state index < -0.39 is 0 Å². The van der Waals surface area contributed by atoms with Crippen molar-refractivity contribution >= 4 is 5.69 Å². The SMILES string of the molecule is CCC[C@H](C)N1Cc2cccc(NCc3c(C)noc3C)c2C1. The van der Waals surface area contributed by atoms with Gasteiger partial charge in [0.25, 0.3) is 0 Å². The molecule has 0 unspecified atom stereocenters. The molecule has 1 aromatic heterocycles. The van der Waals surface area contributed by atoms with Crippen molar-refractivity contribution in [3.8, 4) is 0 Å². The number of benzene rings is 1. The molecule has 4 nitrogen and oxygen atoms in total. The van der Waals surface area contributed by atoms with Crippen molar-refractivity contribution in [1.29, 1.82) is 0 Å². The van der Waals surface area contributed by atoms with E-state index in [1.54, 1.807) is 0 Å². The molecule has 4 heteroatoms. The number of hydrogen-bond donors (Lipinski definition) is 1. The topological polar surface area (TPSA) is 41.3 Å². The standard InChI is InChI=1S/C19H27N3O/c1-5-7-13(2)22-11-16-8-6-9-19(18(16)12-22)20-10-17-14(3)21-23-15(17)4/h6,8-9,13,20H,5,7,10-12H2,1-4H3/t13-/m0/s1. The van der Waals surface area contributed by atoms with Gasteiger partial charge in [0.05, 0.1) is 5.69 Å². The van der Waals surface area contributed by atoms with Crippen molar-refractivity contribution in [3.05, 3.63) is 46.3 Å². The third kappa shape index (κ3) is 3.27. The zero-order chi connectivity index (χ0) is 16.4. The van der Waals surface area contributed by atoms with E-state index in [1.165, 1.54) is 29.7 Å². The van der Waals surface area contributed by atoms with E-state index in [2.05, 4.69) is 47.4 Å². The van der Waals surface area contributed by atoms with Gasteiger partial charge in [-0.25, -0.2) is 0 Å². The number of anilines is 1. The maximum atomic E-state index is 5.25. The number of aromatic nitrogens is 1. The van der Waals surface area contributed by atoms with Crippen LogP contribution in [0.25, 0.3) is 0 Å². The Morgan fingerprint density at radius 2 is 2.13 bits per heavy atom. The molecule has 2 heterocycles. The van der Waals surface area contributed by atoms with Gasteiger partial charge < -0.3 is 9.84 Å². The molecule has 0 saturated carbocycles. The largest absolute Gasteiger partial charge is 0.380 e. The van der Waals surface area contributed by atoms with Crippen LogP contribution in [0.3, 0.4) is 0 Å². The highest BCUT2D eigenvalue weighted by molar-refractivity contribution is 5.56. The van der Waals surface area contributed by atoms with Crippen molar-refractivity contribution in [1.82, 2.24) is 10.1 Å². The predicted molar refractivity (Wildman–Crippen MR) is 93.4 cm³/mol. The highest BCUT2D eigenvalue weighted by Crippen LogP contribution is 2.31. The Hall–Kier alpha value is -1.81. The number of nitrogens with zero attached hydrogens (tertiary/aromatic N) is 2. The summed E-state index contributed by atoms with van der Waals surface area (Å²) in [6.45, 7) is 11.4. The third-order valence-electron chi connectivity index (χ3n) is 4.97. The Morgan fingerprint density at radius 3 is 2.83 bits per heavy atom. The molecule has 0 fully saturated rings. The van der Waals surface area contributed by atoms with Crippen molar-refractivity contribution in [2.24, 2.45) is 0 Å². The number of fused-ring (bicyclic) bond motifs is 1. The van der Waals surface area contributed by atoms with E-state index in [-0.39, 0.29) is 0 Å². The third-order valence-corrected chi connectivity index (χ3v) is 4.97. The van der Waals surface area contributed by atoms with Crippen molar-refractivity contribution in [3.63, 3.8) is 0 Å². The average Bonchev–Trinajstić information content (AvgIpc) is 3.10. The van der Waals surface area contributed by atoms with Gasteiger partial charge in [0.1, 0.15) is 5.76 Å². The van der Waals surface area contributed by atoms with Gasteiger partial charge in [0.15, 0.2) is 0 Å². The molecule has 23 heavy (non-hydrogen) atoms. The molecule has 124 valence electrons. The Balaban J connectivity index is 1.73. The molecule has 1 atom stereocenters. The monoisotopic (exact) mass is 313 g/mol. The quantitative estimate of drug-likeness (QED) is 0.858. The first-order chi connectivity index (χ1) is 11.1. The number of aryl methyl sites for hydroxylation is 2. The summed E-state index contributed by atoms with van der Waals surface area (Å²) in [4.78, 5) is 2.58. The van der Waals surface area contributed by atoms with Crippen LogP contribution in [-0.2, 0) is 19.6 Å². The molecule has 0 radical (unpaired) electrons. The molecular formula is C19H27N3O. The summed E-state index contributed by atoms with van der Waals surface area (Å²) >= 11 is 0. The fourth-order valence-electron chi connectivity index (χ4n) is 3.46. The first kappa shape index (κ1) is 16.1. The van der Waals surface area contributed by atoms with E-state index >= 15 is 0 Å². The lowest BCUT2D eigenvalue weighted by Gasteiger charge is -2.23. The zero-order valence-electron chi connectivity index (χ0n) is 14.6. The number of hydrogen-bond acceptors (Lipinski definition) is 4. The van der Waals surface area contributed by atoms with E-state index in [0.29, 0.717) is 6.04 Å². The summed E-state index contributed by atoms with van der Waals surface area (Å²) in [6, 6.07) is 7.24. The lowest BCUT2D eigenvalue weighted by Crippen LogP contribution is -2.27. The van der Waals surface area contributed by atoms with Crippen LogP contribution in [0.5, 0.6) is 0 Å². The lowest BCUT2D eigenvalue weighted by molar-refractivity contribution is 0.202. The molecular weight excluding hydrogens is 286 g/mol. The summed E-state index contributed by atoms with van der Waals surface area (Å²) in [5, 5.41) is 7.63.